The molecule has 9 rings (SSSR count). The minimum absolute atomic E-state index is 0. The van der Waals surface area contributed by atoms with Gasteiger partial charge in [0.05, 0.1) is 0 Å². The van der Waals surface area contributed by atoms with E-state index in [1.165, 1.54) is 31.6 Å². The summed E-state index contributed by atoms with van der Waals surface area (Å²) in [5.74, 6) is 0. The van der Waals surface area contributed by atoms with Crippen molar-refractivity contribution in [1.82, 2.24) is 0 Å². The summed E-state index contributed by atoms with van der Waals surface area (Å²) >= 11 is -5.48. The van der Waals surface area contributed by atoms with Crippen molar-refractivity contribution in [3.05, 3.63) is 293 Å². The van der Waals surface area contributed by atoms with Crippen LogP contribution in [0, 0.1) is 20.0 Å². The molecule has 0 heterocycles. The molecule has 0 bridgehead atoms. The summed E-state index contributed by atoms with van der Waals surface area (Å²) in [6, 6.07) is 98.6. The van der Waals surface area contributed by atoms with Crippen LogP contribution in [0.4, 0.5) is 0 Å². The molecule has 0 spiro atoms. The normalized spacial score (nSPS) is 9.52. The van der Waals surface area contributed by atoms with E-state index in [0.717, 1.165) is 0 Å². The van der Waals surface area contributed by atoms with Crippen molar-refractivity contribution in [3.8, 4) is 0 Å². The molecule has 0 atom stereocenters. The topological polar surface area (TPSA) is 59.7 Å². The van der Waals surface area contributed by atoms with Gasteiger partial charge in [-0.25, -0.2) is 0 Å². The van der Waals surface area contributed by atoms with Crippen LogP contribution in [0.2, 0.25) is 0 Å². The van der Waals surface area contributed by atoms with Crippen LogP contribution in [-0.2, 0) is 31.3 Å². The van der Waals surface area contributed by atoms with Crippen molar-refractivity contribution >= 4 is 92.2 Å². The fourth-order valence-electron chi connectivity index (χ4n) is 6.54. The van der Waals surface area contributed by atoms with Gasteiger partial charge in [-0.05, 0) is 0 Å². The van der Waals surface area contributed by atoms with Crippen LogP contribution in [0.5, 0.6) is 0 Å². The third-order valence-electron chi connectivity index (χ3n) is 9.13. The van der Waals surface area contributed by atoms with Gasteiger partial charge in [0.25, 0.3) is 0 Å². The summed E-state index contributed by atoms with van der Waals surface area (Å²) in [6.45, 7) is 13.5. The van der Waals surface area contributed by atoms with E-state index in [0.29, 0.717) is 0 Å². The van der Waals surface area contributed by atoms with Crippen LogP contribution in [-0.4, -0.2) is 60.6 Å². The Labute approximate surface area is 412 Å². The predicted octanol–water partition coefficient (Wildman–Crippen LogP) is 6.49. The van der Waals surface area contributed by atoms with Crippen molar-refractivity contribution in [3.63, 3.8) is 0 Å². The average molecular weight is 1200 g/mol. The molecule has 0 N–H and O–H groups in total. The van der Waals surface area contributed by atoms with Crippen LogP contribution in [0.1, 0.15) is 0 Å². The minimum atomic E-state index is -1.83. The molecular formula is C57H45CrO3Sb3. The molecule has 9 aromatic rings. The number of hydrogen-bond acceptors (Lipinski definition) is 0. The molecule has 0 amide bonds. The monoisotopic (exact) mass is 1190 g/mol. The molecule has 0 aromatic heterocycles. The van der Waals surface area contributed by atoms with Crippen molar-refractivity contribution in [2.75, 3.05) is 0 Å². The standard InChI is InChI=1S/9C6H5.3CO.Cr.3Sb/c9*1-2-4-6-5-3-1;3*1-2;;;;/h9*1-5H;;;;;;;. The van der Waals surface area contributed by atoms with E-state index < -0.39 is 60.6 Å². The average Bonchev–Trinajstić information content (AvgIpc) is 3.39. The fraction of sp³-hybridized carbons (Fsp3) is 0. The molecule has 7 heteroatoms. The van der Waals surface area contributed by atoms with E-state index >= 15 is 0 Å². The van der Waals surface area contributed by atoms with Gasteiger partial charge in [-0.15, -0.1) is 0 Å². The van der Waals surface area contributed by atoms with E-state index in [-0.39, 0.29) is 17.4 Å². The first-order valence-corrected chi connectivity index (χ1v) is 31.3. The maximum absolute atomic E-state index is 7.50. The van der Waals surface area contributed by atoms with Gasteiger partial charge in [0, 0.05) is 17.4 Å². The van der Waals surface area contributed by atoms with Gasteiger partial charge in [0.15, 0.2) is 0 Å². The van der Waals surface area contributed by atoms with Gasteiger partial charge >= 0.3 is 399 Å². The molecule has 0 aliphatic rings. The first-order chi connectivity index (χ1) is 31.3. The predicted molar refractivity (Wildman–Crippen MR) is 264 cm³/mol. The van der Waals surface area contributed by atoms with Gasteiger partial charge < -0.3 is 0 Å². The zero-order valence-corrected chi connectivity index (χ0v) is 43.9. The zero-order chi connectivity index (χ0) is 44.7. The maximum atomic E-state index is 7.50. The van der Waals surface area contributed by atoms with Crippen LogP contribution in [0.3, 0.4) is 0 Å². The number of rotatable bonds is 9. The Balaban J connectivity index is 0.000000239. The second-order valence-corrected chi connectivity index (χ2v) is 32.0. The first-order valence-electron chi connectivity index (χ1n) is 19.8. The van der Waals surface area contributed by atoms with Crippen molar-refractivity contribution in [2.24, 2.45) is 0 Å². The number of hydrogen-bond donors (Lipinski definition) is 0. The summed E-state index contributed by atoms with van der Waals surface area (Å²) in [6.07, 6.45) is 0. The van der Waals surface area contributed by atoms with E-state index in [4.69, 9.17) is 14.0 Å². The first kappa shape index (κ1) is 53.5. The summed E-state index contributed by atoms with van der Waals surface area (Å²) < 4.78 is 36.1. The Hall–Kier alpha value is -4.81. The molecule has 0 unspecified atom stereocenters. The second-order valence-electron chi connectivity index (χ2n) is 13.0. The quantitative estimate of drug-likeness (QED) is 0.0903. The van der Waals surface area contributed by atoms with Gasteiger partial charge in [-0.3, -0.25) is 0 Å². The molecule has 0 saturated carbocycles. The van der Waals surface area contributed by atoms with Crippen molar-refractivity contribution < 1.29 is 31.3 Å². The Morgan fingerprint density at radius 2 is 0.250 bits per heavy atom. The van der Waals surface area contributed by atoms with Crippen LogP contribution < -0.4 is 31.6 Å². The van der Waals surface area contributed by atoms with E-state index in [9.17, 15) is 0 Å². The molecule has 0 aliphatic carbocycles. The Morgan fingerprint density at radius 1 is 0.172 bits per heavy atom. The summed E-state index contributed by atoms with van der Waals surface area (Å²) in [4.78, 5) is 0. The van der Waals surface area contributed by atoms with Gasteiger partial charge in [-0.2, -0.15) is 0 Å². The molecule has 0 saturated heterocycles. The molecule has 64 heavy (non-hydrogen) atoms. The van der Waals surface area contributed by atoms with Gasteiger partial charge in [0.2, 0.25) is 0 Å². The van der Waals surface area contributed by atoms with Crippen molar-refractivity contribution in [1.29, 1.82) is 0 Å². The summed E-state index contributed by atoms with van der Waals surface area (Å²) in [5.41, 5.74) is 0. The molecule has 312 valence electrons. The molecule has 3 nitrogen and oxygen atoms in total. The van der Waals surface area contributed by atoms with Crippen LogP contribution in [0.15, 0.2) is 273 Å². The number of benzene rings is 9. The third-order valence-corrected chi connectivity index (χ3v) is 30.1. The van der Waals surface area contributed by atoms with E-state index in [1.54, 1.807) is 0 Å². The SMILES string of the molecule is [C-]#[O+].[C-]#[O+].[C-]#[O+].[Cr].c1cc[c]([Sb]([c]2ccccc2)[c]2ccccc2)cc1.c1cc[c]([Sb]([c]2ccccc2)[c]2ccccc2)cc1.c1cc[c]([Sb]([c]2ccccc2)[c]2ccccc2)cc1. The van der Waals surface area contributed by atoms with Gasteiger partial charge in [-0.1, -0.05) is 0 Å². The zero-order valence-electron chi connectivity index (χ0n) is 35.0. The van der Waals surface area contributed by atoms with E-state index in [2.05, 4.69) is 293 Å². The molecule has 9 aromatic carbocycles. The summed E-state index contributed by atoms with van der Waals surface area (Å²) in [7, 11) is 0. The fourth-order valence-corrected chi connectivity index (χ4v) is 26.3. The Kier molecular flexibility index (Phi) is 27.4. The Bertz CT molecular complexity index is 2010. The molecule has 0 fully saturated rings. The Morgan fingerprint density at radius 3 is 0.328 bits per heavy atom. The van der Waals surface area contributed by atoms with Gasteiger partial charge in [0.1, 0.15) is 0 Å². The molecule has 0 radical (unpaired) electrons. The van der Waals surface area contributed by atoms with E-state index in [1.807, 2.05) is 0 Å². The second kappa shape index (κ2) is 32.8. The summed E-state index contributed by atoms with van der Waals surface area (Å²) in [5, 5.41) is 0. The van der Waals surface area contributed by atoms with Crippen molar-refractivity contribution in [2.45, 2.75) is 0 Å². The van der Waals surface area contributed by atoms with Crippen LogP contribution in [0.25, 0.3) is 0 Å². The van der Waals surface area contributed by atoms with Crippen LogP contribution >= 0.6 is 0 Å². The third kappa shape index (κ3) is 17.0. The molecular weight excluding hydrogens is 1150 g/mol. The molecule has 0 aliphatic heterocycles.